The smallest absolute Gasteiger partial charge is 0.196 e. The van der Waals surface area contributed by atoms with Gasteiger partial charge in [0.25, 0.3) is 0 Å². The van der Waals surface area contributed by atoms with Gasteiger partial charge in [-0.25, -0.2) is 4.98 Å². The summed E-state index contributed by atoms with van der Waals surface area (Å²) in [5.74, 6) is 1.34. The zero-order chi connectivity index (χ0) is 19.2. The van der Waals surface area contributed by atoms with Crippen LogP contribution >= 0.6 is 22.9 Å². The Morgan fingerprint density at radius 3 is 2.63 bits per heavy atom. The lowest BCUT2D eigenvalue weighted by Crippen LogP contribution is -2.02. The van der Waals surface area contributed by atoms with E-state index in [4.69, 9.17) is 21.1 Å². The van der Waals surface area contributed by atoms with E-state index in [0.29, 0.717) is 21.5 Å². The molecule has 0 spiro atoms. The summed E-state index contributed by atoms with van der Waals surface area (Å²) < 4.78 is 10.4. The first-order chi connectivity index (χ1) is 13.1. The van der Waals surface area contributed by atoms with Crippen LogP contribution < -0.4 is 14.9 Å². The van der Waals surface area contributed by atoms with Crippen molar-refractivity contribution in [2.75, 3.05) is 19.6 Å². The van der Waals surface area contributed by atoms with Crippen molar-refractivity contribution in [1.29, 1.82) is 5.26 Å². The van der Waals surface area contributed by atoms with Crippen molar-refractivity contribution in [1.82, 2.24) is 4.98 Å². The van der Waals surface area contributed by atoms with E-state index >= 15 is 0 Å². The molecule has 0 saturated carbocycles. The molecule has 0 atom stereocenters. The molecule has 2 aromatic carbocycles. The molecule has 1 aromatic heterocycles. The number of anilines is 1. The average Bonchev–Trinajstić information content (AvgIpc) is 3.19. The van der Waals surface area contributed by atoms with Crippen LogP contribution in [0.5, 0.6) is 11.5 Å². The van der Waals surface area contributed by atoms with E-state index in [9.17, 15) is 5.26 Å². The molecule has 1 heterocycles. The molecule has 27 heavy (non-hydrogen) atoms. The fraction of sp³-hybridized carbons (Fsp3) is 0.105. The van der Waals surface area contributed by atoms with Gasteiger partial charge in [-0.15, -0.1) is 11.3 Å². The van der Waals surface area contributed by atoms with Gasteiger partial charge in [-0.1, -0.05) is 11.6 Å². The molecule has 0 aliphatic heterocycles. The van der Waals surface area contributed by atoms with Crippen molar-refractivity contribution < 1.29 is 9.47 Å². The fourth-order valence-corrected chi connectivity index (χ4v) is 3.22. The Morgan fingerprint density at radius 2 is 1.96 bits per heavy atom. The fourth-order valence-electron chi connectivity index (χ4n) is 2.28. The number of nitriles is 1. The number of aromatic nitrogens is 1. The van der Waals surface area contributed by atoms with Gasteiger partial charge in [0, 0.05) is 16.0 Å². The molecule has 0 saturated heterocycles. The highest BCUT2D eigenvalue weighted by Crippen LogP contribution is 2.28. The average molecular weight is 399 g/mol. The van der Waals surface area contributed by atoms with Crippen molar-refractivity contribution in [2.24, 2.45) is 5.10 Å². The maximum absolute atomic E-state index is 9.46. The highest BCUT2D eigenvalue weighted by Gasteiger charge is 2.11. The maximum atomic E-state index is 9.46. The second kappa shape index (κ2) is 8.54. The topological polar surface area (TPSA) is 79.5 Å². The van der Waals surface area contributed by atoms with Crippen molar-refractivity contribution in [3.8, 4) is 28.8 Å². The van der Waals surface area contributed by atoms with E-state index in [1.165, 1.54) is 11.3 Å². The van der Waals surface area contributed by atoms with Gasteiger partial charge >= 0.3 is 0 Å². The molecule has 6 nitrogen and oxygen atoms in total. The van der Waals surface area contributed by atoms with Crippen LogP contribution in [0, 0.1) is 11.3 Å². The lowest BCUT2D eigenvalue weighted by molar-refractivity contribution is 0.415. The maximum Gasteiger partial charge on any atom is 0.196 e. The van der Waals surface area contributed by atoms with Crippen LogP contribution in [0.1, 0.15) is 5.01 Å². The number of rotatable bonds is 6. The van der Waals surface area contributed by atoms with Gasteiger partial charge < -0.3 is 9.47 Å². The minimum atomic E-state index is 0.168. The zero-order valence-electron chi connectivity index (χ0n) is 14.6. The Morgan fingerprint density at radius 1 is 1.19 bits per heavy atom. The van der Waals surface area contributed by atoms with E-state index in [2.05, 4.69) is 21.6 Å². The first kappa shape index (κ1) is 18.7. The van der Waals surface area contributed by atoms with Crippen LogP contribution in [0.3, 0.4) is 0 Å². The number of hydrogen-bond acceptors (Lipinski definition) is 7. The molecule has 3 rings (SSSR count). The molecular formula is C19H15ClN4O2S. The number of halogens is 1. The lowest BCUT2D eigenvalue weighted by Gasteiger charge is -2.07. The SMILES string of the molecule is COc1ccc(-c2csc(/C(C#N)=N\Nc3cc(Cl)ccc3OC)n2)cc1. The van der Waals surface area contributed by atoms with E-state index in [1.54, 1.807) is 32.4 Å². The quantitative estimate of drug-likeness (QED) is 0.475. The van der Waals surface area contributed by atoms with Gasteiger partial charge in [0.05, 0.1) is 25.6 Å². The second-order valence-corrected chi connectivity index (χ2v) is 6.59. The van der Waals surface area contributed by atoms with Crippen LogP contribution in [0.2, 0.25) is 5.02 Å². The monoisotopic (exact) mass is 398 g/mol. The number of ether oxygens (including phenoxy) is 2. The number of hydrazone groups is 1. The summed E-state index contributed by atoms with van der Waals surface area (Å²) in [4.78, 5) is 4.51. The Kier molecular flexibility index (Phi) is 5.91. The Hall–Kier alpha value is -3.08. The van der Waals surface area contributed by atoms with Crippen LogP contribution in [-0.2, 0) is 0 Å². The third kappa shape index (κ3) is 4.37. The summed E-state index contributed by atoms with van der Waals surface area (Å²) in [7, 11) is 3.17. The van der Waals surface area contributed by atoms with Crippen LogP contribution in [0.15, 0.2) is 52.9 Å². The molecular weight excluding hydrogens is 384 g/mol. The first-order valence-corrected chi connectivity index (χ1v) is 9.08. The van der Waals surface area contributed by atoms with Crippen molar-refractivity contribution >= 4 is 34.3 Å². The predicted molar refractivity (Wildman–Crippen MR) is 108 cm³/mol. The normalized spacial score (nSPS) is 11.0. The predicted octanol–water partition coefficient (Wildman–Crippen LogP) is 4.82. The van der Waals surface area contributed by atoms with Gasteiger partial charge in [0.2, 0.25) is 0 Å². The molecule has 1 N–H and O–H groups in total. The van der Waals surface area contributed by atoms with Gasteiger partial charge in [0.15, 0.2) is 10.7 Å². The Bertz CT molecular complexity index is 1010. The van der Waals surface area contributed by atoms with Crippen molar-refractivity contribution in [3.05, 3.63) is 57.9 Å². The van der Waals surface area contributed by atoms with E-state index < -0.39 is 0 Å². The zero-order valence-corrected chi connectivity index (χ0v) is 16.1. The summed E-state index contributed by atoms with van der Waals surface area (Å²) >= 11 is 7.35. The van der Waals surface area contributed by atoms with Crippen LogP contribution in [0.4, 0.5) is 5.69 Å². The van der Waals surface area contributed by atoms with E-state index in [1.807, 2.05) is 29.6 Å². The summed E-state index contributed by atoms with van der Waals surface area (Å²) in [6.45, 7) is 0. The van der Waals surface area contributed by atoms with Gasteiger partial charge in [-0.3, -0.25) is 5.43 Å². The molecule has 0 aliphatic rings. The second-order valence-electron chi connectivity index (χ2n) is 5.30. The molecule has 0 bridgehead atoms. The molecule has 0 amide bonds. The number of thiazole rings is 1. The summed E-state index contributed by atoms with van der Waals surface area (Å²) in [5, 5.41) is 16.5. The van der Waals surface area contributed by atoms with Crippen molar-refractivity contribution in [3.63, 3.8) is 0 Å². The number of nitrogens with one attached hydrogen (secondary N) is 1. The molecule has 0 fully saturated rings. The van der Waals surface area contributed by atoms with Crippen molar-refractivity contribution in [2.45, 2.75) is 0 Å². The van der Waals surface area contributed by atoms with E-state index in [-0.39, 0.29) is 5.71 Å². The summed E-state index contributed by atoms with van der Waals surface area (Å²) in [6, 6.07) is 14.7. The summed E-state index contributed by atoms with van der Waals surface area (Å²) in [5.41, 5.74) is 5.25. The molecule has 3 aromatic rings. The highest BCUT2D eigenvalue weighted by molar-refractivity contribution is 7.12. The Balaban J connectivity index is 1.84. The third-order valence-electron chi connectivity index (χ3n) is 3.65. The molecule has 0 aliphatic carbocycles. The van der Waals surface area contributed by atoms with Crippen LogP contribution in [0.25, 0.3) is 11.3 Å². The first-order valence-electron chi connectivity index (χ1n) is 7.82. The standard InChI is InChI=1S/C19H15ClN4O2S/c1-25-14-6-3-12(4-7-14)17-11-27-19(22-17)16(10-21)24-23-15-9-13(20)5-8-18(15)26-2/h3-9,11,23H,1-2H3/b24-16-. The van der Waals surface area contributed by atoms with Gasteiger partial charge in [0.1, 0.15) is 17.6 Å². The number of benzene rings is 2. The molecule has 136 valence electrons. The van der Waals surface area contributed by atoms with E-state index in [0.717, 1.165) is 17.0 Å². The number of nitrogens with zero attached hydrogens (tertiary/aromatic N) is 3. The summed E-state index contributed by atoms with van der Waals surface area (Å²) in [6.07, 6.45) is 0. The third-order valence-corrected chi connectivity index (χ3v) is 4.73. The molecule has 8 heteroatoms. The van der Waals surface area contributed by atoms with Crippen LogP contribution in [-0.4, -0.2) is 24.9 Å². The van der Waals surface area contributed by atoms with Gasteiger partial charge in [-0.2, -0.15) is 10.4 Å². The minimum absolute atomic E-state index is 0.168. The molecule has 0 unspecified atom stereocenters. The minimum Gasteiger partial charge on any atom is -0.497 e. The molecule has 0 radical (unpaired) electrons. The number of methoxy groups -OCH3 is 2. The van der Waals surface area contributed by atoms with Gasteiger partial charge in [-0.05, 0) is 42.5 Å². The number of hydrogen-bond donors (Lipinski definition) is 1. The largest absolute Gasteiger partial charge is 0.497 e. The Labute approximate surface area is 165 Å². The highest BCUT2D eigenvalue weighted by atomic mass is 35.5. The lowest BCUT2D eigenvalue weighted by atomic mass is 10.2.